The number of hydrogen-bond acceptors (Lipinski definition) is 0. The van der Waals surface area contributed by atoms with Gasteiger partial charge >= 0.3 is 0 Å². The summed E-state index contributed by atoms with van der Waals surface area (Å²) < 4.78 is 0. The van der Waals surface area contributed by atoms with E-state index in [1.807, 2.05) is 54.6 Å². The van der Waals surface area contributed by atoms with Gasteiger partial charge in [-0.05, 0) is 40.9 Å². The lowest BCUT2D eigenvalue weighted by atomic mass is 10.1. The number of rotatable bonds is 7. The Hall–Kier alpha value is -2.12. The summed E-state index contributed by atoms with van der Waals surface area (Å²) in [6.45, 7) is 18.5. The molecule has 0 heterocycles. The van der Waals surface area contributed by atoms with Crippen LogP contribution in [0.2, 0.25) is 0 Å². The summed E-state index contributed by atoms with van der Waals surface area (Å²) in [5.41, 5.74) is 2.42. The number of benzene rings is 2. The van der Waals surface area contributed by atoms with Crippen LogP contribution in [0.4, 0.5) is 0 Å². The van der Waals surface area contributed by atoms with E-state index in [0.717, 1.165) is 12.8 Å². The molecule has 1 atom stereocenters. The molecule has 0 spiro atoms. The Morgan fingerprint density at radius 1 is 0.966 bits per heavy atom. The second kappa shape index (κ2) is 23.9. The number of halogens is 1. The fourth-order valence-corrected chi connectivity index (χ4v) is 1.72. The molecule has 0 nitrogen and oxygen atoms in total. The zero-order valence-electron chi connectivity index (χ0n) is 18.2. The molecule has 1 heteroatoms. The molecule has 1 unspecified atom stereocenters. The van der Waals surface area contributed by atoms with Crippen molar-refractivity contribution < 1.29 is 0 Å². The highest BCUT2D eigenvalue weighted by atomic mass is 79.9. The Morgan fingerprint density at radius 3 is 1.83 bits per heavy atom. The van der Waals surface area contributed by atoms with Crippen LogP contribution in [-0.4, -0.2) is 0 Å². The van der Waals surface area contributed by atoms with Crippen molar-refractivity contribution in [2.75, 3.05) is 0 Å². The van der Waals surface area contributed by atoms with Gasteiger partial charge in [0.1, 0.15) is 0 Å². The van der Waals surface area contributed by atoms with Gasteiger partial charge in [-0.25, -0.2) is 0 Å². The number of unbranched alkanes of at least 4 members (excludes halogenated alkanes) is 2. The Balaban J connectivity index is 0. The number of allylic oxidation sites excluding steroid dienone is 2. The largest absolute Gasteiger partial charge is 0.103 e. The minimum absolute atomic E-state index is 0.699. The fourth-order valence-electron chi connectivity index (χ4n) is 1.72. The maximum atomic E-state index is 3.68. The van der Waals surface area contributed by atoms with Crippen molar-refractivity contribution in [1.29, 1.82) is 0 Å². The standard InChI is InChI=1S/C14H11.C6H12.C6H11.C2H3Br/c1-3-7-13(8-4-1)11-12-14-9-5-2-6-10-14;1-4-6(3)5-2;1-3-5-6-4-2;1-2-3/h1,3-12H;4,6H,1,5H2,2-3H3;3H,1-2,4-6H2;2H,1H2. The molecule has 0 saturated carbocycles. The lowest BCUT2D eigenvalue weighted by molar-refractivity contribution is 0.700. The summed E-state index contributed by atoms with van der Waals surface area (Å²) in [6.07, 6.45) is 12.6. The van der Waals surface area contributed by atoms with E-state index in [4.69, 9.17) is 0 Å². The van der Waals surface area contributed by atoms with Crippen LogP contribution in [-0.2, 0) is 0 Å². The lowest BCUT2D eigenvalue weighted by Crippen LogP contribution is -1.80. The zero-order chi connectivity index (χ0) is 22.2. The predicted octanol–water partition coefficient (Wildman–Crippen LogP) is 9.58. The van der Waals surface area contributed by atoms with E-state index in [-0.39, 0.29) is 0 Å². The third-order valence-corrected chi connectivity index (χ3v) is 3.72. The normalized spacial score (nSPS) is 10.1. The highest BCUT2D eigenvalue weighted by Gasteiger charge is 1.85. The SMILES string of the molecule is C=CBr.C=CC(C)CC.[CH2]CCCC=C.[c]1ccc(C=Cc2ccccc2)cc1. The molecule has 0 N–H and O–H groups in total. The molecule has 2 radical (unpaired) electrons. The molecule has 0 aliphatic rings. The van der Waals surface area contributed by atoms with Crippen molar-refractivity contribution >= 4 is 28.1 Å². The Kier molecular flexibility index (Phi) is 24.0. The van der Waals surface area contributed by atoms with Gasteiger partial charge < -0.3 is 0 Å². The minimum Gasteiger partial charge on any atom is -0.103 e. The Morgan fingerprint density at radius 2 is 1.48 bits per heavy atom. The second-order valence-corrected chi connectivity index (χ2v) is 6.78. The molecule has 156 valence electrons. The third-order valence-electron chi connectivity index (χ3n) is 3.72. The van der Waals surface area contributed by atoms with Crippen LogP contribution in [0.3, 0.4) is 0 Å². The first kappa shape index (κ1) is 29.1. The molecule has 0 aromatic heterocycles. The molecule has 0 aliphatic carbocycles. The average Bonchev–Trinajstić information content (AvgIpc) is 2.78. The van der Waals surface area contributed by atoms with E-state index < -0.39 is 0 Å². The molecule has 0 aliphatic heterocycles. The maximum Gasteiger partial charge on any atom is -0.0184 e. The smallest absolute Gasteiger partial charge is 0.0184 e. The fraction of sp³-hybridized carbons (Fsp3) is 0.250. The van der Waals surface area contributed by atoms with Gasteiger partial charge in [-0.15, -0.1) is 13.2 Å². The van der Waals surface area contributed by atoms with E-state index in [1.54, 1.807) is 4.99 Å². The molecule has 0 saturated heterocycles. The van der Waals surface area contributed by atoms with E-state index in [0.29, 0.717) is 5.92 Å². The van der Waals surface area contributed by atoms with Gasteiger partial charge in [0.25, 0.3) is 0 Å². The maximum absolute atomic E-state index is 3.68. The van der Waals surface area contributed by atoms with Crippen molar-refractivity contribution in [3.05, 3.63) is 116 Å². The van der Waals surface area contributed by atoms with Crippen molar-refractivity contribution in [3.8, 4) is 0 Å². The van der Waals surface area contributed by atoms with Crippen molar-refractivity contribution in [2.45, 2.75) is 39.5 Å². The monoisotopic (exact) mass is 452 g/mol. The zero-order valence-corrected chi connectivity index (χ0v) is 19.8. The summed E-state index contributed by atoms with van der Waals surface area (Å²) in [7, 11) is 0. The molecule has 2 aromatic rings. The first-order valence-electron chi connectivity index (χ1n) is 10.0. The molecular weight excluding hydrogens is 416 g/mol. The van der Waals surface area contributed by atoms with Crippen LogP contribution < -0.4 is 0 Å². The second-order valence-electron chi connectivity index (χ2n) is 6.14. The van der Waals surface area contributed by atoms with Crippen molar-refractivity contribution in [2.24, 2.45) is 5.92 Å². The van der Waals surface area contributed by atoms with Crippen LogP contribution >= 0.6 is 15.9 Å². The number of hydrogen-bond donors (Lipinski definition) is 0. The van der Waals surface area contributed by atoms with Crippen LogP contribution in [0, 0.1) is 18.9 Å². The van der Waals surface area contributed by atoms with Gasteiger partial charge in [-0.2, -0.15) is 0 Å². The van der Waals surface area contributed by atoms with Crippen LogP contribution in [0.15, 0.2) is 91.5 Å². The summed E-state index contributed by atoms with van der Waals surface area (Å²) >= 11 is 2.91. The molecular formula is C28H37Br. The van der Waals surface area contributed by atoms with Crippen molar-refractivity contribution in [1.82, 2.24) is 0 Å². The van der Waals surface area contributed by atoms with Gasteiger partial charge in [-0.3, -0.25) is 0 Å². The van der Waals surface area contributed by atoms with Crippen molar-refractivity contribution in [3.63, 3.8) is 0 Å². The molecule has 0 bridgehead atoms. The van der Waals surface area contributed by atoms with E-state index in [2.05, 4.69) is 86.8 Å². The summed E-state index contributed by atoms with van der Waals surface area (Å²) in [4.78, 5) is 1.56. The van der Waals surface area contributed by atoms with Crippen LogP contribution in [0.25, 0.3) is 12.2 Å². The highest BCUT2D eigenvalue weighted by Crippen LogP contribution is 2.06. The minimum atomic E-state index is 0.699. The van der Waals surface area contributed by atoms with Gasteiger partial charge in [-0.1, -0.05) is 135 Å². The highest BCUT2D eigenvalue weighted by molar-refractivity contribution is 9.11. The van der Waals surface area contributed by atoms with Crippen LogP contribution in [0.5, 0.6) is 0 Å². The van der Waals surface area contributed by atoms with Gasteiger partial charge in [0.15, 0.2) is 0 Å². The lowest BCUT2D eigenvalue weighted by Gasteiger charge is -1.93. The first-order chi connectivity index (χ1) is 14.1. The average molecular weight is 454 g/mol. The topological polar surface area (TPSA) is 0 Å². The van der Waals surface area contributed by atoms with E-state index in [9.17, 15) is 0 Å². The van der Waals surface area contributed by atoms with E-state index in [1.165, 1.54) is 24.0 Å². The predicted molar refractivity (Wildman–Crippen MR) is 139 cm³/mol. The molecule has 29 heavy (non-hydrogen) atoms. The first-order valence-corrected chi connectivity index (χ1v) is 10.9. The molecule has 0 fully saturated rings. The Bertz CT molecular complexity index is 584. The van der Waals surface area contributed by atoms with E-state index >= 15 is 0 Å². The quantitative estimate of drug-likeness (QED) is 0.222. The van der Waals surface area contributed by atoms with Crippen LogP contribution in [0.1, 0.15) is 50.7 Å². The molecule has 2 rings (SSSR count). The third kappa shape index (κ3) is 22.0. The summed E-state index contributed by atoms with van der Waals surface area (Å²) in [5.74, 6) is 0.699. The summed E-state index contributed by atoms with van der Waals surface area (Å²) in [6, 6.07) is 21.2. The molecule has 0 amide bonds. The molecule has 2 aromatic carbocycles. The van der Waals surface area contributed by atoms with Gasteiger partial charge in [0, 0.05) is 0 Å². The van der Waals surface area contributed by atoms with Gasteiger partial charge in [0.05, 0.1) is 0 Å². The summed E-state index contributed by atoms with van der Waals surface area (Å²) in [5, 5.41) is 0. The van der Waals surface area contributed by atoms with Gasteiger partial charge in [0.2, 0.25) is 0 Å². The Labute approximate surface area is 188 Å².